The predicted molar refractivity (Wildman–Crippen MR) is 84.9 cm³/mol. The van der Waals surface area contributed by atoms with E-state index in [2.05, 4.69) is 0 Å². The van der Waals surface area contributed by atoms with Crippen molar-refractivity contribution in [3.8, 4) is 21.6 Å². The lowest BCUT2D eigenvalue weighted by Gasteiger charge is -2.06. The lowest BCUT2D eigenvalue weighted by atomic mass is 10.0. The van der Waals surface area contributed by atoms with Crippen molar-refractivity contribution in [2.45, 2.75) is 13.1 Å². The van der Waals surface area contributed by atoms with E-state index in [1.54, 1.807) is 30.3 Å². The Morgan fingerprint density at radius 1 is 0.826 bits per heavy atom. The zero-order valence-corrected chi connectivity index (χ0v) is 12.9. The lowest BCUT2D eigenvalue weighted by molar-refractivity contribution is -0.134. The molecule has 0 saturated carbocycles. The third-order valence-electron chi connectivity index (χ3n) is 3.49. The molecule has 0 aliphatic carbocycles. The molecule has 3 rings (SSSR count). The van der Waals surface area contributed by atoms with E-state index in [1.165, 1.54) is 12.1 Å². The van der Waals surface area contributed by atoms with Gasteiger partial charge in [-0.05, 0) is 41.8 Å². The Hall–Kier alpha value is -2.14. The van der Waals surface area contributed by atoms with Crippen molar-refractivity contribution in [2.24, 2.45) is 0 Å². The van der Waals surface area contributed by atoms with Gasteiger partial charge in [-0.2, -0.15) is 13.2 Å². The van der Waals surface area contributed by atoms with Gasteiger partial charge in [-0.1, -0.05) is 36.4 Å². The molecule has 5 heteroatoms. The maximum absolute atomic E-state index is 14.0. The van der Waals surface area contributed by atoms with Gasteiger partial charge in [-0.3, -0.25) is 0 Å². The number of benzene rings is 2. The summed E-state index contributed by atoms with van der Waals surface area (Å²) in [7, 11) is 0. The third-order valence-corrected chi connectivity index (χ3v) is 4.67. The van der Waals surface area contributed by atoms with Crippen LogP contribution in [0.15, 0.2) is 54.6 Å². The van der Waals surface area contributed by atoms with E-state index in [4.69, 9.17) is 0 Å². The molecule has 0 atom stereocenters. The van der Waals surface area contributed by atoms with Crippen LogP contribution >= 0.6 is 11.3 Å². The van der Waals surface area contributed by atoms with Gasteiger partial charge in [-0.15, -0.1) is 11.3 Å². The fourth-order valence-corrected chi connectivity index (χ4v) is 3.19. The van der Waals surface area contributed by atoms with Gasteiger partial charge in [0.1, 0.15) is 10.7 Å². The fraction of sp³-hybridized carbons (Fsp3) is 0.111. The highest BCUT2D eigenvalue weighted by Crippen LogP contribution is 2.38. The zero-order valence-electron chi connectivity index (χ0n) is 12.1. The fourth-order valence-electron chi connectivity index (χ4n) is 2.31. The number of hydrogen-bond acceptors (Lipinski definition) is 1. The summed E-state index contributed by atoms with van der Waals surface area (Å²) < 4.78 is 51.9. The summed E-state index contributed by atoms with van der Waals surface area (Å²) in [4.78, 5) is -0.0885. The highest BCUT2D eigenvalue weighted by molar-refractivity contribution is 7.15. The molecule has 1 heterocycles. The molecule has 0 spiro atoms. The van der Waals surface area contributed by atoms with E-state index >= 15 is 0 Å². The predicted octanol–water partition coefficient (Wildman–Crippen LogP) is 6.55. The Kier molecular flexibility index (Phi) is 3.98. The number of hydrogen-bond donors (Lipinski definition) is 0. The molecule has 3 aromatic rings. The van der Waals surface area contributed by atoms with E-state index in [9.17, 15) is 17.6 Å². The SMILES string of the molecule is Cc1ccc(-c2ccc(-c3ccc(C(F)(F)F)s3)cc2)c(F)c1. The Balaban J connectivity index is 1.92. The molecule has 0 saturated heterocycles. The van der Waals surface area contributed by atoms with Gasteiger partial charge in [0.25, 0.3) is 0 Å². The molecule has 0 aliphatic heterocycles. The third kappa shape index (κ3) is 3.29. The molecular weight excluding hydrogens is 324 g/mol. The standard InChI is InChI=1S/C18H12F4S/c1-11-2-7-14(15(19)10-11)12-3-5-13(6-4-12)16-8-9-17(23-16)18(20,21)22/h2-10H,1H3. The van der Waals surface area contributed by atoms with E-state index in [0.29, 0.717) is 32.9 Å². The van der Waals surface area contributed by atoms with Crippen molar-refractivity contribution in [3.05, 3.63) is 70.9 Å². The Bertz CT molecular complexity index is 829. The van der Waals surface area contributed by atoms with Gasteiger partial charge in [0, 0.05) is 10.4 Å². The van der Waals surface area contributed by atoms with Crippen molar-refractivity contribution in [3.63, 3.8) is 0 Å². The van der Waals surface area contributed by atoms with Crippen molar-refractivity contribution < 1.29 is 17.6 Å². The van der Waals surface area contributed by atoms with Crippen LogP contribution in [0.3, 0.4) is 0 Å². The summed E-state index contributed by atoms with van der Waals surface area (Å²) in [5.41, 5.74) is 2.69. The molecule has 0 bridgehead atoms. The van der Waals surface area contributed by atoms with Crippen LogP contribution in [0, 0.1) is 12.7 Å². The van der Waals surface area contributed by atoms with Gasteiger partial charge >= 0.3 is 6.18 Å². The smallest absolute Gasteiger partial charge is 0.206 e. The second-order valence-electron chi connectivity index (χ2n) is 5.22. The first kappa shape index (κ1) is 15.7. The number of halogens is 4. The lowest BCUT2D eigenvalue weighted by Crippen LogP contribution is -2.00. The summed E-state index contributed by atoms with van der Waals surface area (Å²) in [6, 6.07) is 14.4. The van der Waals surface area contributed by atoms with E-state index in [1.807, 2.05) is 13.0 Å². The largest absolute Gasteiger partial charge is 0.425 e. The molecular formula is C18H12F4S. The molecule has 0 aliphatic rings. The first-order chi connectivity index (χ1) is 10.8. The van der Waals surface area contributed by atoms with E-state index in [0.717, 1.165) is 11.6 Å². The zero-order chi connectivity index (χ0) is 16.6. The second-order valence-corrected chi connectivity index (χ2v) is 6.31. The highest BCUT2D eigenvalue weighted by Gasteiger charge is 2.32. The highest BCUT2D eigenvalue weighted by atomic mass is 32.1. The van der Waals surface area contributed by atoms with Gasteiger partial charge in [0.2, 0.25) is 0 Å². The monoisotopic (exact) mass is 336 g/mol. The van der Waals surface area contributed by atoms with Gasteiger partial charge < -0.3 is 0 Å². The number of alkyl halides is 3. The van der Waals surface area contributed by atoms with Crippen LogP contribution in [0.4, 0.5) is 17.6 Å². The first-order valence-electron chi connectivity index (χ1n) is 6.88. The van der Waals surface area contributed by atoms with Crippen LogP contribution in [0.2, 0.25) is 0 Å². The molecule has 0 N–H and O–H groups in total. The van der Waals surface area contributed by atoms with Gasteiger partial charge in [0.15, 0.2) is 0 Å². The average molecular weight is 336 g/mol. The van der Waals surface area contributed by atoms with Crippen LogP contribution in [-0.4, -0.2) is 0 Å². The summed E-state index contributed by atoms with van der Waals surface area (Å²) >= 11 is 0.701. The summed E-state index contributed by atoms with van der Waals surface area (Å²) in [5.74, 6) is -0.312. The molecule has 0 nitrogen and oxygen atoms in total. The van der Waals surface area contributed by atoms with E-state index < -0.39 is 11.1 Å². The minimum Gasteiger partial charge on any atom is -0.206 e. The molecule has 2 aromatic carbocycles. The molecule has 0 fully saturated rings. The van der Waals surface area contributed by atoms with Crippen molar-refractivity contribution in [1.29, 1.82) is 0 Å². The van der Waals surface area contributed by atoms with Crippen molar-refractivity contribution in [2.75, 3.05) is 0 Å². The van der Waals surface area contributed by atoms with Gasteiger partial charge in [0.05, 0.1) is 0 Å². The maximum atomic E-state index is 14.0. The molecule has 0 radical (unpaired) electrons. The Morgan fingerprint density at radius 3 is 2.04 bits per heavy atom. The maximum Gasteiger partial charge on any atom is 0.425 e. The Labute approximate surface area is 135 Å². The minimum absolute atomic E-state index is 0.312. The van der Waals surface area contributed by atoms with Crippen LogP contribution < -0.4 is 0 Å². The topological polar surface area (TPSA) is 0 Å². The second kappa shape index (κ2) is 5.81. The van der Waals surface area contributed by atoms with Crippen LogP contribution in [0.1, 0.15) is 10.4 Å². The molecule has 0 unspecified atom stereocenters. The normalized spacial score (nSPS) is 11.7. The molecule has 1 aromatic heterocycles. The minimum atomic E-state index is -4.33. The van der Waals surface area contributed by atoms with Crippen molar-refractivity contribution in [1.82, 2.24) is 0 Å². The van der Waals surface area contributed by atoms with Crippen LogP contribution in [-0.2, 0) is 6.18 Å². The van der Waals surface area contributed by atoms with Gasteiger partial charge in [-0.25, -0.2) is 4.39 Å². The molecule has 118 valence electrons. The van der Waals surface area contributed by atoms with Crippen LogP contribution in [0.5, 0.6) is 0 Å². The van der Waals surface area contributed by atoms with Crippen LogP contribution in [0.25, 0.3) is 21.6 Å². The average Bonchev–Trinajstić information content (AvgIpc) is 2.97. The summed E-state index contributed by atoms with van der Waals surface area (Å²) in [5, 5.41) is 0. The first-order valence-corrected chi connectivity index (χ1v) is 7.70. The van der Waals surface area contributed by atoms with Crippen molar-refractivity contribution >= 4 is 11.3 Å². The number of aryl methyl sites for hydroxylation is 1. The molecule has 23 heavy (non-hydrogen) atoms. The molecule has 0 amide bonds. The van der Waals surface area contributed by atoms with E-state index in [-0.39, 0.29) is 5.82 Å². The quantitative estimate of drug-likeness (QED) is 0.466. The summed E-state index contributed by atoms with van der Waals surface area (Å²) in [6.07, 6.45) is -4.33. The summed E-state index contributed by atoms with van der Waals surface area (Å²) in [6.45, 7) is 1.81. The Morgan fingerprint density at radius 2 is 1.48 bits per heavy atom. The number of thiophene rings is 1. The number of rotatable bonds is 2.